The van der Waals surface area contributed by atoms with E-state index >= 15 is 0 Å². The van der Waals surface area contributed by atoms with E-state index in [1.165, 1.54) is 18.4 Å². The molecule has 0 atom stereocenters. The van der Waals surface area contributed by atoms with Crippen molar-refractivity contribution in [3.8, 4) is 0 Å². The average Bonchev–Trinajstić information content (AvgIpc) is 2.50. The SMILES string of the molecule is CC(C)c1cc(CCCC(C)(C)C)co1. The van der Waals surface area contributed by atoms with Gasteiger partial charge in [-0.25, -0.2) is 0 Å². The summed E-state index contributed by atoms with van der Waals surface area (Å²) in [7, 11) is 0. The molecule has 1 aromatic heterocycles. The molecule has 1 aromatic rings. The Morgan fingerprint density at radius 3 is 2.40 bits per heavy atom. The number of aryl methyl sites for hydroxylation is 1. The Morgan fingerprint density at radius 1 is 1.27 bits per heavy atom. The first-order chi connectivity index (χ1) is 6.88. The van der Waals surface area contributed by atoms with Crippen molar-refractivity contribution in [1.82, 2.24) is 0 Å². The molecule has 86 valence electrons. The Hall–Kier alpha value is -0.720. The third-order valence-electron chi connectivity index (χ3n) is 2.64. The van der Waals surface area contributed by atoms with Crippen LogP contribution >= 0.6 is 0 Å². The fourth-order valence-electron chi connectivity index (χ4n) is 1.65. The molecule has 0 aromatic carbocycles. The van der Waals surface area contributed by atoms with E-state index in [1.807, 2.05) is 6.26 Å². The topological polar surface area (TPSA) is 13.1 Å². The van der Waals surface area contributed by atoms with Gasteiger partial charge in [0.25, 0.3) is 0 Å². The van der Waals surface area contributed by atoms with Gasteiger partial charge in [0.1, 0.15) is 5.76 Å². The van der Waals surface area contributed by atoms with Crippen LogP contribution in [-0.2, 0) is 6.42 Å². The summed E-state index contributed by atoms with van der Waals surface area (Å²) in [6.45, 7) is 11.2. The van der Waals surface area contributed by atoms with Crippen LogP contribution in [0.4, 0.5) is 0 Å². The maximum Gasteiger partial charge on any atom is 0.106 e. The van der Waals surface area contributed by atoms with Gasteiger partial charge in [0.2, 0.25) is 0 Å². The van der Waals surface area contributed by atoms with Crippen LogP contribution in [0.25, 0.3) is 0 Å². The zero-order valence-corrected chi connectivity index (χ0v) is 10.8. The molecule has 0 radical (unpaired) electrons. The summed E-state index contributed by atoms with van der Waals surface area (Å²) in [6, 6.07) is 2.20. The maximum atomic E-state index is 5.51. The Morgan fingerprint density at radius 2 is 1.93 bits per heavy atom. The molecule has 15 heavy (non-hydrogen) atoms. The van der Waals surface area contributed by atoms with Gasteiger partial charge < -0.3 is 4.42 Å². The molecule has 0 N–H and O–H groups in total. The number of hydrogen-bond acceptors (Lipinski definition) is 1. The molecular weight excluding hydrogens is 184 g/mol. The van der Waals surface area contributed by atoms with Crippen LogP contribution in [0.1, 0.15) is 64.7 Å². The number of furan rings is 1. The first-order valence-electron chi connectivity index (χ1n) is 5.96. The van der Waals surface area contributed by atoms with Gasteiger partial charge in [0.05, 0.1) is 6.26 Å². The van der Waals surface area contributed by atoms with Gasteiger partial charge >= 0.3 is 0 Å². The van der Waals surface area contributed by atoms with Crippen molar-refractivity contribution >= 4 is 0 Å². The molecular formula is C14H24O. The highest BCUT2D eigenvalue weighted by Gasteiger charge is 2.10. The van der Waals surface area contributed by atoms with Crippen LogP contribution < -0.4 is 0 Å². The Balaban J connectivity index is 2.38. The Bertz CT molecular complexity index is 289. The van der Waals surface area contributed by atoms with Crippen molar-refractivity contribution in [3.05, 3.63) is 23.7 Å². The second-order valence-corrected chi connectivity index (χ2v) is 5.93. The van der Waals surface area contributed by atoms with Crippen molar-refractivity contribution in [3.63, 3.8) is 0 Å². The molecule has 0 saturated heterocycles. The third kappa shape index (κ3) is 4.55. The number of hydrogen-bond donors (Lipinski definition) is 0. The first-order valence-corrected chi connectivity index (χ1v) is 5.96. The lowest BCUT2D eigenvalue weighted by Crippen LogP contribution is -2.04. The predicted molar refractivity (Wildman–Crippen MR) is 65.2 cm³/mol. The minimum absolute atomic E-state index is 0.449. The van der Waals surface area contributed by atoms with Crippen molar-refractivity contribution in [1.29, 1.82) is 0 Å². The van der Waals surface area contributed by atoms with Crippen LogP contribution in [-0.4, -0.2) is 0 Å². The quantitative estimate of drug-likeness (QED) is 0.694. The molecule has 0 aliphatic carbocycles. The molecule has 0 saturated carbocycles. The smallest absolute Gasteiger partial charge is 0.106 e. The predicted octanol–water partition coefficient (Wildman–Crippen LogP) is 4.77. The fraction of sp³-hybridized carbons (Fsp3) is 0.714. The highest BCUT2D eigenvalue weighted by atomic mass is 16.3. The molecule has 0 bridgehead atoms. The normalized spacial score (nSPS) is 12.4. The minimum Gasteiger partial charge on any atom is -0.469 e. The lowest BCUT2D eigenvalue weighted by molar-refractivity contribution is 0.365. The fourth-order valence-corrected chi connectivity index (χ4v) is 1.65. The van der Waals surface area contributed by atoms with Crippen LogP contribution in [0.5, 0.6) is 0 Å². The van der Waals surface area contributed by atoms with E-state index in [0.717, 1.165) is 12.2 Å². The van der Waals surface area contributed by atoms with Gasteiger partial charge in [-0.15, -0.1) is 0 Å². The molecule has 0 spiro atoms. The highest BCUT2D eigenvalue weighted by Crippen LogP contribution is 2.23. The average molecular weight is 208 g/mol. The van der Waals surface area contributed by atoms with Crippen LogP contribution in [0.2, 0.25) is 0 Å². The van der Waals surface area contributed by atoms with Gasteiger partial charge in [-0.2, -0.15) is 0 Å². The summed E-state index contributed by atoms with van der Waals surface area (Å²) in [5.74, 6) is 1.61. The summed E-state index contributed by atoms with van der Waals surface area (Å²) in [6.07, 6.45) is 5.58. The lowest BCUT2D eigenvalue weighted by Gasteiger charge is -2.17. The molecule has 1 heterocycles. The summed E-state index contributed by atoms with van der Waals surface area (Å²) >= 11 is 0. The van der Waals surface area contributed by atoms with Crippen molar-refractivity contribution < 1.29 is 4.42 Å². The summed E-state index contributed by atoms with van der Waals surface area (Å²) in [5.41, 5.74) is 1.80. The number of rotatable bonds is 4. The second kappa shape index (κ2) is 4.87. The van der Waals surface area contributed by atoms with E-state index in [1.54, 1.807) is 0 Å². The van der Waals surface area contributed by atoms with Crippen LogP contribution in [0, 0.1) is 5.41 Å². The summed E-state index contributed by atoms with van der Waals surface area (Å²) in [5, 5.41) is 0. The van der Waals surface area contributed by atoms with Gasteiger partial charge in [0, 0.05) is 5.92 Å². The molecule has 1 rings (SSSR count). The van der Waals surface area contributed by atoms with Crippen molar-refractivity contribution in [2.45, 2.75) is 59.8 Å². The first kappa shape index (κ1) is 12.4. The molecule has 0 fully saturated rings. The van der Waals surface area contributed by atoms with E-state index in [0.29, 0.717) is 11.3 Å². The van der Waals surface area contributed by atoms with Gasteiger partial charge in [-0.1, -0.05) is 34.6 Å². The molecule has 0 aliphatic heterocycles. The van der Waals surface area contributed by atoms with Crippen LogP contribution in [0.15, 0.2) is 16.7 Å². The zero-order valence-electron chi connectivity index (χ0n) is 10.8. The van der Waals surface area contributed by atoms with E-state index in [4.69, 9.17) is 4.42 Å². The Kier molecular flexibility index (Phi) is 4.01. The molecule has 1 nitrogen and oxygen atoms in total. The summed E-state index contributed by atoms with van der Waals surface area (Å²) in [4.78, 5) is 0. The van der Waals surface area contributed by atoms with Crippen molar-refractivity contribution in [2.75, 3.05) is 0 Å². The lowest BCUT2D eigenvalue weighted by atomic mass is 9.89. The third-order valence-corrected chi connectivity index (χ3v) is 2.64. The maximum absolute atomic E-state index is 5.51. The van der Waals surface area contributed by atoms with Crippen molar-refractivity contribution in [2.24, 2.45) is 5.41 Å². The van der Waals surface area contributed by atoms with Gasteiger partial charge in [-0.05, 0) is 36.3 Å². The van der Waals surface area contributed by atoms with E-state index < -0.39 is 0 Å². The summed E-state index contributed by atoms with van der Waals surface area (Å²) < 4.78 is 5.51. The monoisotopic (exact) mass is 208 g/mol. The molecule has 1 heteroatoms. The van der Waals surface area contributed by atoms with Crippen LogP contribution in [0.3, 0.4) is 0 Å². The second-order valence-electron chi connectivity index (χ2n) is 5.93. The Labute approximate surface area is 93.9 Å². The van der Waals surface area contributed by atoms with E-state index in [2.05, 4.69) is 40.7 Å². The van der Waals surface area contributed by atoms with Gasteiger partial charge in [0.15, 0.2) is 0 Å². The van der Waals surface area contributed by atoms with E-state index in [-0.39, 0.29) is 0 Å². The largest absolute Gasteiger partial charge is 0.469 e. The standard InChI is InChI=1S/C14H24O/c1-11(2)13-9-12(10-15-13)7-6-8-14(3,4)5/h9-11H,6-8H2,1-5H3. The zero-order chi connectivity index (χ0) is 11.5. The molecule has 0 aliphatic rings. The van der Waals surface area contributed by atoms with E-state index in [9.17, 15) is 0 Å². The van der Waals surface area contributed by atoms with Gasteiger partial charge in [-0.3, -0.25) is 0 Å². The molecule has 0 unspecified atom stereocenters. The molecule has 0 amide bonds. The highest BCUT2D eigenvalue weighted by molar-refractivity contribution is 5.15. The minimum atomic E-state index is 0.449.